The molecule has 0 unspecified atom stereocenters. The Hall–Kier alpha value is -2.54. The molecule has 32 heavy (non-hydrogen) atoms. The zero-order valence-corrected chi connectivity index (χ0v) is 19.7. The van der Waals surface area contributed by atoms with Crippen LogP contribution in [0, 0.1) is 19.8 Å². The molecule has 7 nitrogen and oxygen atoms in total. The number of hydrogen-bond acceptors (Lipinski definition) is 5. The first-order valence-corrected chi connectivity index (χ1v) is 11.9. The van der Waals surface area contributed by atoms with Gasteiger partial charge in [0.25, 0.3) is 0 Å². The van der Waals surface area contributed by atoms with Gasteiger partial charge in [-0.15, -0.1) is 0 Å². The highest BCUT2D eigenvalue weighted by Gasteiger charge is 2.25. The first kappa shape index (κ1) is 22.6. The van der Waals surface area contributed by atoms with Gasteiger partial charge in [0.15, 0.2) is 5.96 Å². The highest BCUT2D eigenvalue weighted by Crippen LogP contribution is 2.21. The molecule has 0 amide bonds. The molecule has 0 aliphatic carbocycles. The molecule has 1 N–H and O–H groups in total. The van der Waals surface area contributed by atoms with E-state index in [2.05, 4.69) is 25.1 Å². The van der Waals surface area contributed by atoms with Crippen LogP contribution < -0.4 is 10.1 Å². The SMILES string of the molecule is CN=C(NCC1CCN(Cc2nc(C)c(C)o2)CC1)N1CCC(Oc2ccccc2)CC1. The predicted octanol–water partition coefficient (Wildman–Crippen LogP) is 3.62. The molecule has 1 aromatic heterocycles. The van der Waals surface area contributed by atoms with E-state index in [1.165, 1.54) is 12.8 Å². The van der Waals surface area contributed by atoms with E-state index in [1.54, 1.807) is 0 Å². The van der Waals surface area contributed by atoms with E-state index in [0.29, 0.717) is 5.92 Å². The van der Waals surface area contributed by atoms with Crippen molar-refractivity contribution in [2.75, 3.05) is 39.8 Å². The number of nitrogens with zero attached hydrogens (tertiary/aromatic N) is 4. The van der Waals surface area contributed by atoms with Crippen LogP contribution in [-0.2, 0) is 6.54 Å². The number of hydrogen-bond donors (Lipinski definition) is 1. The number of benzene rings is 1. The summed E-state index contributed by atoms with van der Waals surface area (Å²) in [5, 5.41) is 3.63. The Morgan fingerprint density at radius 1 is 1.09 bits per heavy atom. The Kier molecular flexibility index (Phi) is 7.68. The van der Waals surface area contributed by atoms with E-state index < -0.39 is 0 Å². The maximum atomic E-state index is 6.13. The maximum Gasteiger partial charge on any atom is 0.208 e. The average Bonchev–Trinajstić information content (AvgIpc) is 3.13. The van der Waals surface area contributed by atoms with Crippen molar-refractivity contribution >= 4 is 5.96 Å². The molecule has 1 aromatic carbocycles. The summed E-state index contributed by atoms with van der Waals surface area (Å²) in [6.45, 7) is 9.92. The van der Waals surface area contributed by atoms with Crippen LogP contribution in [0.4, 0.5) is 0 Å². The van der Waals surface area contributed by atoms with Gasteiger partial charge < -0.3 is 19.4 Å². The van der Waals surface area contributed by atoms with Gasteiger partial charge in [-0.25, -0.2) is 4.98 Å². The van der Waals surface area contributed by atoms with Crippen LogP contribution in [-0.4, -0.2) is 66.6 Å². The normalized spacial score (nSPS) is 19.3. The van der Waals surface area contributed by atoms with Crippen LogP contribution in [0.25, 0.3) is 0 Å². The van der Waals surface area contributed by atoms with Gasteiger partial charge in [0.1, 0.15) is 17.6 Å². The minimum absolute atomic E-state index is 0.285. The highest BCUT2D eigenvalue weighted by molar-refractivity contribution is 5.80. The van der Waals surface area contributed by atoms with Crippen molar-refractivity contribution < 1.29 is 9.15 Å². The fraction of sp³-hybridized carbons (Fsp3) is 0.600. The van der Waals surface area contributed by atoms with Gasteiger partial charge in [0, 0.05) is 39.5 Å². The molecule has 174 valence electrons. The van der Waals surface area contributed by atoms with E-state index in [-0.39, 0.29) is 6.10 Å². The largest absolute Gasteiger partial charge is 0.490 e. The lowest BCUT2D eigenvalue weighted by Crippen LogP contribution is -2.49. The number of aliphatic imine (C=N–C) groups is 1. The second-order valence-electron chi connectivity index (χ2n) is 9.01. The predicted molar refractivity (Wildman–Crippen MR) is 127 cm³/mol. The number of aryl methyl sites for hydroxylation is 2. The third kappa shape index (κ3) is 6.03. The molecule has 0 bridgehead atoms. The van der Waals surface area contributed by atoms with Gasteiger partial charge in [0.05, 0.1) is 12.2 Å². The lowest BCUT2D eigenvalue weighted by Gasteiger charge is -2.36. The number of para-hydroxylation sites is 1. The Balaban J connectivity index is 1.16. The van der Waals surface area contributed by atoms with Crippen molar-refractivity contribution in [1.82, 2.24) is 20.1 Å². The Bertz CT molecular complexity index is 846. The molecule has 3 heterocycles. The molecule has 7 heteroatoms. The number of aromatic nitrogens is 1. The van der Waals surface area contributed by atoms with E-state index in [9.17, 15) is 0 Å². The summed E-state index contributed by atoms with van der Waals surface area (Å²) >= 11 is 0. The van der Waals surface area contributed by atoms with Crippen molar-refractivity contribution in [3.8, 4) is 5.75 Å². The minimum atomic E-state index is 0.285. The minimum Gasteiger partial charge on any atom is -0.490 e. The first-order chi connectivity index (χ1) is 15.6. The number of piperidine rings is 2. The Morgan fingerprint density at radius 2 is 1.81 bits per heavy atom. The van der Waals surface area contributed by atoms with Crippen molar-refractivity contribution in [3.05, 3.63) is 47.7 Å². The zero-order chi connectivity index (χ0) is 22.3. The van der Waals surface area contributed by atoms with Crippen LogP contribution >= 0.6 is 0 Å². The standard InChI is InChI=1S/C25H37N5O2/c1-19-20(2)31-24(28-19)18-29-13-9-21(10-14-29)17-27-25(26-3)30-15-11-23(12-16-30)32-22-7-5-4-6-8-22/h4-8,21,23H,9-18H2,1-3H3,(H,26,27). The molecule has 4 rings (SSSR count). The summed E-state index contributed by atoms with van der Waals surface area (Å²) in [7, 11) is 1.89. The van der Waals surface area contributed by atoms with Crippen molar-refractivity contribution in [2.24, 2.45) is 10.9 Å². The lowest BCUT2D eigenvalue weighted by molar-refractivity contribution is 0.128. The van der Waals surface area contributed by atoms with Crippen LogP contribution in [0.1, 0.15) is 43.0 Å². The van der Waals surface area contributed by atoms with Gasteiger partial charge in [-0.2, -0.15) is 0 Å². The van der Waals surface area contributed by atoms with E-state index in [4.69, 9.17) is 9.15 Å². The number of ether oxygens (including phenoxy) is 1. The summed E-state index contributed by atoms with van der Waals surface area (Å²) in [6, 6.07) is 10.1. The monoisotopic (exact) mass is 439 g/mol. The summed E-state index contributed by atoms with van der Waals surface area (Å²) in [4.78, 5) is 13.9. The molecule has 0 radical (unpaired) electrons. The molecule has 0 atom stereocenters. The third-order valence-corrected chi connectivity index (χ3v) is 6.69. The fourth-order valence-corrected chi connectivity index (χ4v) is 4.59. The van der Waals surface area contributed by atoms with Crippen molar-refractivity contribution in [1.29, 1.82) is 0 Å². The van der Waals surface area contributed by atoms with E-state index in [1.807, 2.05) is 51.2 Å². The van der Waals surface area contributed by atoms with Gasteiger partial charge in [0.2, 0.25) is 5.89 Å². The zero-order valence-electron chi connectivity index (χ0n) is 19.7. The second kappa shape index (κ2) is 10.9. The first-order valence-electron chi connectivity index (χ1n) is 11.9. The number of oxazole rings is 1. The molecule has 2 fully saturated rings. The fourth-order valence-electron chi connectivity index (χ4n) is 4.59. The number of guanidine groups is 1. The smallest absolute Gasteiger partial charge is 0.208 e. The molecule has 2 aliphatic heterocycles. The Labute approximate surface area is 191 Å². The van der Waals surface area contributed by atoms with Crippen LogP contribution in [0.2, 0.25) is 0 Å². The molecule has 2 aromatic rings. The highest BCUT2D eigenvalue weighted by atomic mass is 16.5. The summed E-state index contributed by atoms with van der Waals surface area (Å²) < 4.78 is 11.9. The van der Waals surface area contributed by atoms with Crippen LogP contribution in [0.3, 0.4) is 0 Å². The number of rotatable bonds is 6. The van der Waals surface area contributed by atoms with Gasteiger partial charge >= 0.3 is 0 Å². The maximum absolute atomic E-state index is 6.13. The third-order valence-electron chi connectivity index (χ3n) is 6.69. The summed E-state index contributed by atoms with van der Waals surface area (Å²) in [6.07, 6.45) is 4.71. The van der Waals surface area contributed by atoms with Gasteiger partial charge in [-0.1, -0.05) is 18.2 Å². The summed E-state index contributed by atoms with van der Waals surface area (Å²) in [5.74, 6) is 4.44. The van der Waals surface area contributed by atoms with Crippen molar-refractivity contribution in [3.63, 3.8) is 0 Å². The summed E-state index contributed by atoms with van der Waals surface area (Å²) in [5.41, 5.74) is 1.00. The number of likely N-dealkylation sites (tertiary alicyclic amines) is 2. The lowest BCUT2D eigenvalue weighted by atomic mass is 9.97. The molecular weight excluding hydrogens is 402 g/mol. The molecule has 2 saturated heterocycles. The van der Waals surface area contributed by atoms with Crippen LogP contribution in [0.15, 0.2) is 39.7 Å². The molecule has 0 spiro atoms. The van der Waals surface area contributed by atoms with Gasteiger partial charge in [-0.3, -0.25) is 9.89 Å². The molecular formula is C25H37N5O2. The molecule has 2 aliphatic rings. The number of nitrogens with one attached hydrogen (secondary N) is 1. The Morgan fingerprint density at radius 3 is 2.44 bits per heavy atom. The van der Waals surface area contributed by atoms with Gasteiger partial charge in [-0.05, 0) is 57.8 Å². The topological polar surface area (TPSA) is 66.1 Å². The van der Waals surface area contributed by atoms with E-state index >= 15 is 0 Å². The van der Waals surface area contributed by atoms with E-state index in [0.717, 1.165) is 81.2 Å². The molecule has 0 saturated carbocycles. The van der Waals surface area contributed by atoms with Crippen LogP contribution in [0.5, 0.6) is 5.75 Å². The second-order valence-corrected chi connectivity index (χ2v) is 9.01. The van der Waals surface area contributed by atoms with Crippen molar-refractivity contribution in [2.45, 2.75) is 52.2 Å². The average molecular weight is 440 g/mol. The quantitative estimate of drug-likeness (QED) is 0.548.